The van der Waals surface area contributed by atoms with Crippen LogP contribution in [0.4, 0.5) is 4.79 Å². The SMILES string of the molecule is O=C(OCc1ccccc1)[C@H]1CCC(=O)N1C(=O)O. The Morgan fingerprint density at radius 3 is 2.63 bits per heavy atom. The lowest BCUT2D eigenvalue weighted by Gasteiger charge is -2.18. The third-order valence-electron chi connectivity index (χ3n) is 2.91. The lowest BCUT2D eigenvalue weighted by molar-refractivity contribution is -0.151. The highest BCUT2D eigenvalue weighted by molar-refractivity contribution is 5.98. The number of esters is 1. The van der Waals surface area contributed by atoms with Gasteiger partial charge in [-0.25, -0.2) is 14.5 Å². The first kappa shape index (κ1) is 13.1. The molecule has 1 atom stereocenters. The molecule has 0 unspecified atom stereocenters. The van der Waals surface area contributed by atoms with Crippen molar-refractivity contribution in [1.29, 1.82) is 0 Å². The van der Waals surface area contributed by atoms with Crippen molar-refractivity contribution in [3.05, 3.63) is 35.9 Å². The first-order valence-corrected chi connectivity index (χ1v) is 5.85. The first-order valence-electron chi connectivity index (χ1n) is 5.85. The summed E-state index contributed by atoms with van der Waals surface area (Å²) in [6, 6.07) is 8.03. The number of carbonyl (C=O) groups is 3. The second-order valence-electron chi connectivity index (χ2n) is 4.19. The highest BCUT2D eigenvalue weighted by Crippen LogP contribution is 2.20. The second kappa shape index (κ2) is 5.51. The fourth-order valence-corrected chi connectivity index (χ4v) is 1.97. The molecule has 6 heteroatoms. The smallest absolute Gasteiger partial charge is 0.414 e. The maximum Gasteiger partial charge on any atom is 0.414 e. The van der Waals surface area contributed by atoms with E-state index >= 15 is 0 Å². The topological polar surface area (TPSA) is 83.9 Å². The molecule has 19 heavy (non-hydrogen) atoms. The molecular formula is C13H13NO5. The highest BCUT2D eigenvalue weighted by Gasteiger charge is 2.41. The fraction of sp³-hybridized carbons (Fsp3) is 0.308. The lowest BCUT2D eigenvalue weighted by atomic mass is 10.2. The number of imide groups is 1. The monoisotopic (exact) mass is 263 g/mol. The van der Waals surface area contributed by atoms with E-state index in [9.17, 15) is 14.4 Å². The third kappa shape index (κ3) is 2.90. The van der Waals surface area contributed by atoms with Crippen LogP contribution in [0.15, 0.2) is 30.3 Å². The number of likely N-dealkylation sites (tertiary alicyclic amines) is 1. The van der Waals surface area contributed by atoms with Crippen molar-refractivity contribution in [2.75, 3.05) is 0 Å². The standard InChI is InChI=1S/C13H13NO5/c15-11-7-6-10(14(11)13(17)18)12(16)19-8-9-4-2-1-3-5-9/h1-5,10H,6-8H2,(H,17,18)/t10-/m1/s1. The second-order valence-corrected chi connectivity index (χ2v) is 4.19. The van der Waals surface area contributed by atoms with E-state index in [2.05, 4.69) is 0 Å². The number of hydrogen-bond acceptors (Lipinski definition) is 4. The van der Waals surface area contributed by atoms with Crippen LogP contribution in [0.1, 0.15) is 18.4 Å². The Balaban J connectivity index is 1.96. The van der Waals surface area contributed by atoms with E-state index < -0.39 is 24.0 Å². The van der Waals surface area contributed by atoms with Crippen LogP contribution in [0.5, 0.6) is 0 Å². The number of carboxylic acid groups (broad SMARTS) is 1. The summed E-state index contributed by atoms with van der Waals surface area (Å²) < 4.78 is 5.04. The summed E-state index contributed by atoms with van der Waals surface area (Å²) in [4.78, 5) is 34.6. The summed E-state index contributed by atoms with van der Waals surface area (Å²) in [7, 11) is 0. The Labute approximate surface area is 109 Å². The molecule has 0 bridgehead atoms. The number of carbonyl (C=O) groups excluding carboxylic acids is 2. The highest BCUT2D eigenvalue weighted by atomic mass is 16.5. The Kier molecular flexibility index (Phi) is 3.79. The van der Waals surface area contributed by atoms with Gasteiger partial charge in [0.25, 0.3) is 0 Å². The molecule has 1 aromatic carbocycles. The maximum absolute atomic E-state index is 11.8. The van der Waals surface area contributed by atoms with Gasteiger partial charge in [0.1, 0.15) is 12.6 Å². The van der Waals surface area contributed by atoms with Gasteiger partial charge < -0.3 is 9.84 Å². The van der Waals surface area contributed by atoms with E-state index in [-0.39, 0.29) is 19.4 Å². The van der Waals surface area contributed by atoms with Gasteiger partial charge in [0.15, 0.2) is 0 Å². The molecule has 0 aromatic heterocycles. The Morgan fingerprint density at radius 2 is 2.00 bits per heavy atom. The first-order chi connectivity index (χ1) is 9.09. The maximum atomic E-state index is 11.8. The van der Waals surface area contributed by atoms with Crippen LogP contribution < -0.4 is 0 Å². The molecule has 1 heterocycles. The Hall–Kier alpha value is -2.37. The van der Waals surface area contributed by atoms with Crippen molar-refractivity contribution >= 4 is 18.0 Å². The average molecular weight is 263 g/mol. The minimum absolute atomic E-state index is 0.0530. The summed E-state index contributed by atoms with van der Waals surface area (Å²) >= 11 is 0. The Morgan fingerprint density at radius 1 is 1.32 bits per heavy atom. The summed E-state index contributed by atoms with van der Waals surface area (Å²) in [6.07, 6.45) is -1.18. The molecule has 1 aliphatic heterocycles. The van der Waals surface area contributed by atoms with Gasteiger partial charge >= 0.3 is 12.1 Å². The summed E-state index contributed by atoms with van der Waals surface area (Å²) in [5.74, 6) is -1.24. The van der Waals surface area contributed by atoms with Crippen molar-refractivity contribution in [3.63, 3.8) is 0 Å². The molecule has 1 aliphatic rings. The molecule has 0 radical (unpaired) electrons. The largest absolute Gasteiger partial charge is 0.465 e. The van der Waals surface area contributed by atoms with E-state index in [1.165, 1.54) is 0 Å². The number of rotatable bonds is 3. The van der Waals surface area contributed by atoms with Gasteiger partial charge in [-0.2, -0.15) is 0 Å². The van der Waals surface area contributed by atoms with Gasteiger partial charge in [0, 0.05) is 6.42 Å². The van der Waals surface area contributed by atoms with Gasteiger partial charge in [-0.15, -0.1) is 0 Å². The van der Waals surface area contributed by atoms with Crippen LogP contribution in [-0.2, 0) is 20.9 Å². The van der Waals surface area contributed by atoms with Gasteiger partial charge in [0.05, 0.1) is 0 Å². The van der Waals surface area contributed by atoms with Crippen molar-refractivity contribution in [2.45, 2.75) is 25.5 Å². The molecule has 1 aromatic rings. The molecule has 100 valence electrons. The molecule has 6 nitrogen and oxygen atoms in total. The van der Waals surface area contributed by atoms with E-state index in [1.54, 1.807) is 12.1 Å². The van der Waals surface area contributed by atoms with Crippen LogP contribution in [0.2, 0.25) is 0 Å². The number of amides is 2. The molecule has 2 amide bonds. The van der Waals surface area contributed by atoms with E-state index in [0.29, 0.717) is 4.90 Å². The summed E-state index contributed by atoms with van der Waals surface area (Å²) in [5.41, 5.74) is 0.807. The predicted molar refractivity (Wildman–Crippen MR) is 64.1 cm³/mol. The minimum Gasteiger partial charge on any atom is -0.465 e. The van der Waals surface area contributed by atoms with Crippen molar-refractivity contribution < 1.29 is 24.2 Å². The fourth-order valence-electron chi connectivity index (χ4n) is 1.97. The van der Waals surface area contributed by atoms with E-state index in [0.717, 1.165) is 5.56 Å². The van der Waals surface area contributed by atoms with Crippen LogP contribution in [0.25, 0.3) is 0 Å². The lowest BCUT2D eigenvalue weighted by Crippen LogP contribution is -2.42. The summed E-state index contributed by atoms with van der Waals surface area (Å²) in [6.45, 7) is 0.0673. The van der Waals surface area contributed by atoms with Gasteiger partial charge in [-0.1, -0.05) is 30.3 Å². The predicted octanol–water partition coefficient (Wildman–Crippen LogP) is 1.40. The van der Waals surface area contributed by atoms with Crippen LogP contribution >= 0.6 is 0 Å². The number of benzene rings is 1. The van der Waals surface area contributed by atoms with Crippen LogP contribution in [0.3, 0.4) is 0 Å². The van der Waals surface area contributed by atoms with Gasteiger partial charge in [-0.05, 0) is 12.0 Å². The molecule has 2 rings (SSSR count). The quantitative estimate of drug-likeness (QED) is 0.833. The molecular weight excluding hydrogens is 250 g/mol. The molecule has 1 fully saturated rings. The normalized spacial score (nSPS) is 18.4. The van der Waals surface area contributed by atoms with Crippen molar-refractivity contribution in [1.82, 2.24) is 4.90 Å². The zero-order valence-corrected chi connectivity index (χ0v) is 10.1. The van der Waals surface area contributed by atoms with Crippen LogP contribution in [0, 0.1) is 0 Å². The van der Waals surface area contributed by atoms with E-state index in [4.69, 9.17) is 9.84 Å². The minimum atomic E-state index is -1.41. The molecule has 0 saturated carbocycles. The molecule has 1 N–H and O–H groups in total. The zero-order valence-electron chi connectivity index (χ0n) is 10.1. The molecule has 0 spiro atoms. The zero-order chi connectivity index (χ0) is 13.8. The average Bonchev–Trinajstić information content (AvgIpc) is 2.79. The van der Waals surface area contributed by atoms with E-state index in [1.807, 2.05) is 18.2 Å². The third-order valence-corrected chi connectivity index (χ3v) is 2.91. The van der Waals surface area contributed by atoms with Gasteiger partial charge in [-0.3, -0.25) is 4.79 Å². The molecule has 1 saturated heterocycles. The summed E-state index contributed by atoms with van der Waals surface area (Å²) in [5, 5.41) is 8.89. The van der Waals surface area contributed by atoms with Crippen LogP contribution in [-0.4, -0.2) is 34.0 Å². The Bertz CT molecular complexity index is 499. The number of nitrogens with zero attached hydrogens (tertiary/aromatic N) is 1. The molecule has 0 aliphatic carbocycles. The number of ether oxygens (including phenoxy) is 1. The van der Waals surface area contributed by atoms with Crippen molar-refractivity contribution in [2.24, 2.45) is 0 Å². The van der Waals surface area contributed by atoms with Gasteiger partial charge in [0.2, 0.25) is 5.91 Å². The number of hydrogen-bond donors (Lipinski definition) is 1. The van der Waals surface area contributed by atoms with Crippen molar-refractivity contribution in [3.8, 4) is 0 Å².